The molecule has 16 heavy (non-hydrogen) atoms. The van der Waals surface area contributed by atoms with Crippen molar-refractivity contribution in [2.75, 3.05) is 27.3 Å². The van der Waals surface area contributed by atoms with Gasteiger partial charge >= 0.3 is 0 Å². The van der Waals surface area contributed by atoms with Crippen LogP contribution in [0.5, 0.6) is 11.5 Å². The fourth-order valence-electron chi connectivity index (χ4n) is 1.78. The molecule has 0 bridgehead atoms. The van der Waals surface area contributed by atoms with Crippen molar-refractivity contribution in [3.63, 3.8) is 0 Å². The summed E-state index contributed by atoms with van der Waals surface area (Å²) in [6, 6.07) is 3.62. The standard InChI is InChI=1S/C11H14BrNO3/c1-15-9-4-8(12)10(16-2)3-7(9)11(14)5-13-6-11/h3-4,13-14H,5-6H2,1-2H3. The Bertz CT molecular complexity index is 404. The third-order valence-electron chi connectivity index (χ3n) is 2.81. The summed E-state index contributed by atoms with van der Waals surface area (Å²) in [6.07, 6.45) is 0. The second-order valence-electron chi connectivity index (χ2n) is 3.82. The van der Waals surface area contributed by atoms with E-state index in [0.717, 1.165) is 10.0 Å². The van der Waals surface area contributed by atoms with Crippen LogP contribution in [0.3, 0.4) is 0 Å². The Morgan fingerprint density at radius 3 is 2.31 bits per heavy atom. The normalized spacial score (nSPS) is 17.8. The number of hydrogen-bond acceptors (Lipinski definition) is 4. The van der Waals surface area contributed by atoms with E-state index in [2.05, 4.69) is 21.2 Å². The van der Waals surface area contributed by atoms with Gasteiger partial charge in [0.2, 0.25) is 0 Å². The molecule has 2 rings (SSSR count). The van der Waals surface area contributed by atoms with E-state index < -0.39 is 5.60 Å². The molecule has 1 aliphatic heterocycles. The van der Waals surface area contributed by atoms with Crippen LogP contribution >= 0.6 is 15.9 Å². The summed E-state index contributed by atoms with van der Waals surface area (Å²) in [7, 11) is 3.19. The van der Waals surface area contributed by atoms with Gasteiger partial charge < -0.3 is 19.9 Å². The highest BCUT2D eigenvalue weighted by molar-refractivity contribution is 9.10. The minimum atomic E-state index is -0.848. The van der Waals surface area contributed by atoms with Crippen LogP contribution in [-0.2, 0) is 5.60 Å². The van der Waals surface area contributed by atoms with E-state index in [9.17, 15) is 5.11 Å². The monoisotopic (exact) mass is 287 g/mol. The molecule has 88 valence electrons. The van der Waals surface area contributed by atoms with Crippen LogP contribution in [-0.4, -0.2) is 32.4 Å². The SMILES string of the molecule is COc1cc(C2(O)CNC2)c(OC)cc1Br. The summed E-state index contributed by atoms with van der Waals surface area (Å²) in [4.78, 5) is 0. The van der Waals surface area contributed by atoms with Crippen LogP contribution in [0.15, 0.2) is 16.6 Å². The number of ether oxygens (including phenoxy) is 2. The zero-order valence-corrected chi connectivity index (χ0v) is 10.8. The van der Waals surface area contributed by atoms with Gasteiger partial charge in [-0.3, -0.25) is 0 Å². The van der Waals surface area contributed by atoms with Crippen molar-refractivity contribution in [3.8, 4) is 11.5 Å². The molecule has 0 atom stereocenters. The zero-order chi connectivity index (χ0) is 11.8. The van der Waals surface area contributed by atoms with Gasteiger partial charge in [-0.15, -0.1) is 0 Å². The van der Waals surface area contributed by atoms with E-state index in [1.807, 2.05) is 12.1 Å². The van der Waals surface area contributed by atoms with Crippen LogP contribution in [0.1, 0.15) is 5.56 Å². The Balaban J connectivity index is 2.49. The van der Waals surface area contributed by atoms with Gasteiger partial charge in [-0.25, -0.2) is 0 Å². The zero-order valence-electron chi connectivity index (χ0n) is 9.21. The number of rotatable bonds is 3. The molecule has 0 unspecified atom stereocenters. The molecule has 1 aliphatic rings. The fraction of sp³-hybridized carbons (Fsp3) is 0.455. The molecule has 5 heteroatoms. The van der Waals surface area contributed by atoms with Gasteiger partial charge in [0.15, 0.2) is 0 Å². The largest absolute Gasteiger partial charge is 0.496 e. The Hall–Kier alpha value is -0.780. The first-order valence-corrected chi connectivity index (χ1v) is 5.75. The number of aliphatic hydroxyl groups is 1. The molecule has 0 aliphatic carbocycles. The molecule has 0 amide bonds. The van der Waals surface area contributed by atoms with Gasteiger partial charge in [0.25, 0.3) is 0 Å². The van der Waals surface area contributed by atoms with Crippen LogP contribution < -0.4 is 14.8 Å². The smallest absolute Gasteiger partial charge is 0.133 e. The van der Waals surface area contributed by atoms with Crippen molar-refractivity contribution in [3.05, 3.63) is 22.2 Å². The van der Waals surface area contributed by atoms with Crippen LogP contribution in [0.2, 0.25) is 0 Å². The minimum absolute atomic E-state index is 0.536. The summed E-state index contributed by atoms with van der Waals surface area (Å²) in [6.45, 7) is 1.07. The first-order valence-electron chi connectivity index (χ1n) is 4.96. The molecule has 0 saturated carbocycles. The molecule has 0 radical (unpaired) electrons. The van der Waals surface area contributed by atoms with Crippen LogP contribution in [0.25, 0.3) is 0 Å². The molecule has 1 aromatic rings. The lowest BCUT2D eigenvalue weighted by atomic mass is 9.87. The lowest BCUT2D eigenvalue weighted by Crippen LogP contribution is -2.56. The first kappa shape index (κ1) is 11.7. The van der Waals surface area contributed by atoms with Crippen molar-refractivity contribution >= 4 is 15.9 Å². The van der Waals surface area contributed by atoms with Crippen molar-refractivity contribution in [2.45, 2.75) is 5.60 Å². The molecular weight excluding hydrogens is 274 g/mol. The van der Waals surface area contributed by atoms with Crippen molar-refractivity contribution in [1.82, 2.24) is 5.32 Å². The minimum Gasteiger partial charge on any atom is -0.496 e. The second-order valence-corrected chi connectivity index (χ2v) is 4.68. The quantitative estimate of drug-likeness (QED) is 0.879. The van der Waals surface area contributed by atoms with E-state index in [1.165, 1.54) is 0 Å². The third kappa shape index (κ3) is 1.79. The maximum absolute atomic E-state index is 10.3. The molecule has 1 saturated heterocycles. The second kappa shape index (κ2) is 4.24. The summed E-state index contributed by atoms with van der Waals surface area (Å²) < 4.78 is 11.3. The van der Waals surface area contributed by atoms with Gasteiger partial charge in [0.1, 0.15) is 17.1 Å². The van der Waals surface area contributed by atoms with Crippen LogP contribution in [0, 0.1) is 0 Å². The fourth-order valence-corrected chi connectivity index (χ4v) is 2.26. The number of β-amino-alcohol motifs (C(OH)–C–C–N with tert-alkyl or cyclic N) is 1. The summed E-state index contributed by atoms with van der Waals surface area (Å²) in [5, 5.41) is 13.3. The summed E-state index contributed by atoms with van der Waals surface area (Å²) in [5.41, 5.74) is -0.0897. The van der Waals surface area contributed by atoms with E-state index in [4.69, 9.17) is 9.47 Å². The van der Waals surface area contributed by atoms with Gasteiger partial charge in [-0.1, -0.05) is 0 Å². The predicted molar refractivity (Wildman–Crippen MR) is 64.0 cm³/mol. The predicted octanol–water partition coefficient (Wildman–Crippen LogP) is 1.26. The highest BCUT2D eigenvalue weighted by Gasteiger charge is 2.39. The number of methoxy groups -OCH3 is 2. The first-order chi connectivity index (χ1) is 7.60. The topological polar surface area (TPSA) is 50.7 Å². The lowest BCUT2D eigenvalue weighted by Gasteiger charge is -2.38. The van der Waals surface area contributed by atoms with Crippen molar-refractivity contribution < 1.29 is 14.6 Å². The molecule has 1 aromatic carbocycles. The number of halogens is 1. The number of hydrogen-bond donors (Lipinski definition) is 2. The highest BCUT2D eigenvalue weighted by atomic mass is 79.9. The molecule has 0 aromatic heterocycles. The summed E-state index contributed by atoms with van der Waals surface area (Å²) >= 11 is 3.39. The Labute approximate surface area is 103 Å². The van der Waals surface area contributed by atoms with E-state index >= 15 is 0 Å². The molecule has 1 heterocycles. The van der Waals surface area contributed by atoms with Gasteiger partial charge in [0, 0.05) is 18.7 Å². The maximum atomic E-state index is 10.3. The summed E-state index contributed by atoms with van der Waals surface area (Å²) in [5.74, 6) is 1.35. The molecule has 2 N–H and O–H groups in total. The highest BCUT2D eigenvalue weighted by Crippen LogP contribution is 2.39. The Morgan fingerprint density at radius 2 is 1.88 bits per heavy atom. The number of nitrogens with one attached hydrogen (secondary N) is 1. The van der Waals surface area contributed by atoms with E-state index in [0.29, 0.717) is 24.6 Å². The third-order valence-corrected chi connectivity index (χ3v) is 3.43. The van der Waals surface area contributed by atoms with Crippen LogP contribution in [0.4, 0.5) is 0 Å². The maximum Gasteiger partial charge on any atom is 0.133 e. The Kier molecular flexibility index (Phi) is 3.10. The Morgan fingerprint density at radius 1 is 1.25 bits per heavy atom. The average Bonchev–Trinajstić information content (AvgIpc) is 2.25. The lowest BCUT2D eigenvalue weighted by molar-refractivity contribution is -0.0166. The van der Waals surface area contributed by atoms with Gasteiger partial charge in [0.05, 0.1) is 18.7 Å². The molecule has 1 fully saturated rings. The van der Waals surface area contributed by atoms with Gasteiger partial charge in [-0.2, -0.15) is 0 Å². The number of benzene rings is 1. The van der Waals surface area contributed by atoms with Crippen molar-refractivity contribution in [1.29, 1.82) is 0 Å². The van der Waals surface area contributed by atoms with E-state index in [-0.39, 0.29) is 0 Å². The molecule has 4 nitrogen and oxygen atoms in total. The molecular formula is C11H14BrNO3. The average molecular weight is 288 g/mol. The molecule has 0 spiro atoms. The van der Waals surface area contributed by atoms with Crippen molar-refractivity contribution in [2.24, 2.45) is 0 Å². The van der Waals surface area contributed by atoms with Gasteiger partial charge in [-0.05, 0) is 28.1 Å². The van der Waals surface area contributed by atoms with E-state index in [1.54, 1.807) is 14.2 Å².